The van der Waals surface area contributed by atoms with Crippen LogP contribution in [0.15, 0.2) is 60.4 Å². The van der Waals surface area contributed by atoms with Crippen molar-refractivity contribution < 1.29 is 14.3 Å². The number of hydrogen-bond donors (Lipinski definition) is 1. The molecule has 0 atom stereocenters. The van der Waals surface area contributed by atoms with Gasteiger partial charge in [-0.25, -0.2) is 0 Å². The van der Waals surface area contributed by atoms with Gasteiger partial charge >= 0.3 is 0 Å². The van der Waals surface area contributed by atoms with Crippen molar-refractivity contribution in [2.75, 3.05) is 26.7 Å². The first kappa shape index (κ1) is 20.4. The summed E-state index contributed by atoms with van der Waals surface area (Å²) in [5, 5.41) is 1.13. The highest BCUT2D eigenvalue weighted by atomic mass is 16.5. The molecule has 6 nitrogen and oxygen atoms in total. The van der Waals surface area contributed by atoms with E-state index in [0.717, 1.165) is 48.8 Å². The lowest BCUT2D eigenvalue weighted by atomic mass is 10.0. The Morgan fingerprint density at radius 2 is 1.69 bits per heavy atom. The number of imide groups is 1. The van der Waals surface area contributed by atoms with E-state index < -0.39 is 0 Å². The number of rotatable bonds is 6. The number of aromatic amines is 1. The number of hydrogen-bond acceptors (Lipinski definition) is 4. The van der Waals surface area contributed by atoms with Crippen molar-refractivity contribution in [2.24, 2.45) is 0 Å². The maximum Gasteiger partial charge on any atom is 0.277 e. The molecule has 1 aromatic heterocycles. The first-order valence-electron chi connectivity index (χ1n) is 11.2. The summed E-state index contributed by atoms with van der Waals surface area (Å²) in [5.74, 6) is 0.175. The number of piperidine rings is 1. The van der Waals surface area contributed by atoms with Crippen LogP contribution in [0.2, 0.25) is 0 Å². The number of para-hydroxylation sites is 2. The lowest BCUT2D eigenvalue weighted by Gasteiger charge is -2.29. The van der Waals surface area contributed by atoms with Gasteiger partial charge in [-0.3, -0.25) is 14.5 Å². The van der Waals surface area contributed by atoms with Gasteiger partial charge in [0.05, 0.1) is 12.7 Å². The fraction of sp³-hybridized carbons (Fsp3) is 0.308. The molecule has 1 saturated heterocycles. The number of amides is 2. The molecule has 0 bridgehead atoms. The normalized spacial score (nSPS) is 17.0. The van der Waals surface area contributed by atoms with E-state index in [1.54, 1.807) is 7.11 Å². The summed E-state index contributed by atoms with van der Waals surface area (Å²) in [5.41, 5.74) is 3.84. The molecule has 3 heterocycles. The number of fused-ring (bicyclic) bond motifs is 1. The molecule has 0 saturated carbocycles. The van der Waals surface area contributed by atoms with Crippen LogP contribution in [-0.4, -0.2) is 53.3 Å². The summed E-state index contributed by atoms with van der Waals surface area (Å²) in [6.45, 7) is 1.93. The van der Waals surface area contributed by atoms with Crippen LogP contribution in [0.4, 0.5) is 0 Å². The van der Waals surface area contributed by atoms with Crippen molar-refractivity contribution in [1.82, 2.24) is 14.8 Å². The van der Waals surface area contributed by atoms with Crippen LogP contribution in [0, 0.1) is 0 Å². The van der Waals surface area contributed by atoms with Gasteiger partial charge < -0.3 is 14.6 Å². The predicted molar refractivity (Wildman–Crippen MR) is 124 cm³/mol. The Morgan fingerprint density at radius 1 is 0.938 bits per heavy atom. The zero-order valence-corrected chi connectivity index (χ0v) is 18.3. The van der Waals surface area contributed by atoms with Gasteiger partial charge in [-0.2, -0.15) is 0 Å². The molecule has 2 aliphatic heterocycles. The summed E-state index contributed by atoms with van der Waals surface area (Å²) in [6, 6.07) is 15.5. The van der Waals surface area contributed by atoms with Crippen molar-refractivity contribution >= 4 is 28.3 Å². The number of nitrogens with one attached hydrogen (secondary N) is 1. The molecule has 1 N–H and O–H groups in total. The Balaban J connectivity index is 1.49. The Hall–Kier alpha value is -3.54. The molecular weight excluding hydrogens is 402 g/mol. The molecule has 0 spiro atoms. The molecule has 164 valence electrons. The van der Waals surface area contributed by atoms with Crippen LogP contribution in [0.5, 0.6) is 5.75 Å². The Morgan fingerprint density at radius 3 is 2.50 bits per heavy atom. The lowest BCUT2D eigenvalue weighted by Crippen LogP contribution is -2.38. The Kier molecular flexibility index (Phi) is 5.43. The number of benzene rings is 2. The predicted octanol–water partition coefficient (Wildman–Crippen LogP) is 3.99. The third-order valence-electron chi connectivity index (χ3n) is 6.47. The number of H-pyrrole nitrogens is 1. The summed E-state index contributed by atoms with van der Waals surface area (Å²) >= 11 is 0. The smallest absolute Gasteiger partial charge is 0.277 e. The molecular formula is C26H27N3O3. The van der Waals surface area contributed by atoms with Crippen LogP contribution < -0.4 is 4.74 Å². The van der Waals surface area contributed by atoms with Crippen molar-refractivity contribution in [3.63, 3.8) is 0 Å². The summed E-state index contributed by atoms with van der Waals surface area (Å²) < 4.78 is 5.54. The first-order valence-corrected chi connectivity index (χ1v) is 11.2. The molecule has 32 heavy (non-hydrogen) atoms. The van der Waals surface area contributed by atoms with Crippen molar-refractivity contribution in [2.45, 2.75) is 25.7 Å². The van der Waals surface area contributed by atoms with Gasteiger partial charge in [-0.05, 0) is 43.4 Å². The van der Waals surface area contributed by atoms with Crippen LogP contribution in [-0.2, 0) is 16.0 Å². The van der Waals surface area contributed by atoms with E-state index in [-0.39, 0.29) is 11.8 Å². The van der Waals surface area contributed by atoms with Crippen LogP contribution >= 0.6 is 0 Å². The number of carbonyl (C=O) groups excluding carboxylic acids is 2. The molecule has 2 aliphatic rings. The second-order valence-corrected chi connectivity index (χ2v) is 8.34. The van der Waals surface area contributed by atoms with E-state index in [4.69, 9.17) is 4.74 Å². The lowest BCUT2D eigenvalue weighted by molar-refractivity contribution is -0.137. The van der Waals surface area contributed by atoms with Crippen molar-refractivity contribution in [3.8, 4) is 5.75 Å². The van der Waals surface area contributed by atoms with E-state index in [0.29, 0.717) is 35.5 Å². The molecule has 3 aromatic rings. The fourth-order valence-corrected chi connectivity index (χ4v) is 4.84. The van der Waals surface area contributed by atoms with Gasteiger partial charge in [0.25, 0.3) is 11.8 Å². The van der Waals surface area contributed by atoms with Crippen LogP contribution in [0.3, 0.4) is 0 Å². The highest BCUT2D eigenvalue weighted by Crippen LogP contribution is 2.37. The minimum absolute atomic E-state index is 0.197. The molecule has 6 heteroatoms. The van der Waals surface area contributed by atoms with Gasteiger partial charge in [0, 0.05) is 42.3 Å². The van der Waals surface area contributed by atoms with Crippen molar-refractivity contribution in [1.29, 1.82) is 0 Å². The van der Waals surface area contributed by atoms with E-state index in [1.807, 2.05) is 48.7 Å². The largest absolute Gasteiger partial charge is 0.496 e. The summed E-state index contributed by atoms with van der Waals surface area (Å²) in [4.78, 5) is 34.0. The van der Waals surface area contributed by atoms with Gasteiger partial charge in [0.2, 0.25) is 0 Å². The second-order valence-electron chi connectivity index (χ2n) is 8.34. The quantitative estimate of drug-likeness (QED) is 0.602. The molecule has 5 rings (SSSR count). The number of nitrogens with zero attached hydrogens (tertiary/aromatic N) is 2. The summed E-state index contributed by atoms with van der Waals surface area (Å²) in [7, 11) is 1.59. The van der Waals surface area contributed by atoms with Crippen LogP contribution in [0.1, 0.15) is 30.4 Å². The minimum Gasteiger partial charge on any atom is -0.496 e. The van der Waals surface area contributed by atoms with Crippen LogP contribution in [0.25, 0.3) is 16.5 Å². The van der Waals surface area contributed by atoms with E-state index in [1.165, 1.54) is 4.90 Å². The van der Waals surface area contributed by atoms with Gasteiger partial charge in [-0.1, -0.05) is 36.4 Å². The zero-order chi connectivity index (χ0) is 22.1. The fourth-order valence-electron chi connectivity index (χ4n) is 4.84. The highest BCUT2D eigenvalue weighted by molar-refractivity contribution is 6.36. The first-order chi connectivity index (χ1) is 15.7. The second kappa shape index (κ2) is 8.54. The van der Waals surface area contributed by atoms with Gasteiger partial charge in [0.15, 0.2) is 0 Å². The SMILES string of the molecule is COc1ccccc1C1=C(N2CCCCC2)C(=O)N(CCc2c[nH]c3ccccc23)C1=O. The van der Waals surface area contributed by atoms with Gasteiger partial charge in [-0.15, -0.1) is 0 Å². The Labute approximate surface area is 187 Å². The number of likely N-dealkylation sites (tertiary alicyclic amines) is 1. The van der Waals surface area contributed by atoms with Crippen molar-refractivity contribution in [3.05, 3.63) is 71.6 Å². The summed E-state index contributed by atoms with van der Waals surface area (Å²) in [6.07, 6.45) is 5.78. The Bertz CT molecular complexity index is 1200. The van der Waals surface area contributed by atoms with E-state index in [9.17, 15) is 9.59 Å². The molecule has 0 unspecified atom stereocenters. The zero-order valence-electron chi connectivity index (χ0n) is 18.3. The number of methoxy groups -OCH3 is 1. The average Bonchev–Trinajstić information content (AvgIpc) is 3.36. The maximum absolute atomic E-state index is 13.6. The van der Waals surface area contributed by atoms with E-state index >= 15 is 0 Å². The topological polar surface area (TPSA) is 65.6 Å². The molecule has 2 amide bonds. The third kappa shape index (κ3) is 3.45. The number of carbonyl (C=O) groups is 2. The molecule has 2 aromatic carbocycles. The molecule has 0 radical (unpaired) electrons. The maximum atomic E-state index is 13.6. The van der Waals surface area contributed by atoms with Gasteiger partial charge in [0.1, 0.15) is 11.4 Å². The van der Waals surface area contributed by atoms with E-state index in [2.05, 4.69) is 16.0 Å². The number of ether oxygens (including phenoxy) is 1. The molecule has 1 fully saturated rings. The number of aromatic nitrogens is 1. The third-order valence-corrected chi connectivity index (χ3v) is 6.47. The monoisotopic (exact) mass is 429 g/mol. The molecule has 0 aliphatic carbocycles. The minimum atomic E-state index is -0.236. The standard InChI is InChI=1S/C26H27N3O3/c1-32-22-12-6-4-10-20(22)23-24(28-14-7-2-8-15-28)26(31)29(25(23)30)16-13-18-17-27-21-11-5-3-9-19(18)21/h3-6,9-12,17,27H,2,7-8,13-16H2,1H3. The average molecular weight is 430 g/mol. The highest BCUT2D eigenvalue weighted by Gasteiger charge is 2.42.